The lowest BCUT2D eigenvalue weighted by atomic mass is 9.93. The zero-order valence-corrected chi connectivity index (χ0v) is 22.0. The largest absolute Gasteiger partial charge is 0.299 e. The van der Waals surface area contributed by atoms with E-state index >= 15 is 0 Å². The van der Waals surface area contributed by atoms with Gasteiger partial charge in [-0.15, -0.1) is 0 Å². The van der Waals surface area contributed by atoms with E-state index in [2.05, 4.69) is 107 Å². The summed E-state index contributed by atoms with van der Waals surface area (Å²) in [7, 11) is 0. The molecule has 0 spiro atoms. The van der Waals surface area contributed by atoms with Gasteiger partial charge < -0.3 is 0 Å². The van der Waals surface area contributed by atoms with Crippen LogP contribution in [0.25, 0.3) is 22.8 Å². The standard InChI is InChI=1S/C31H40ClN/c1-7-22(3)16-18-27-11-9-13-29(25(27)6)30-14-10-12-28(31(30)32)24(5)17-15-23(4)19-33-20-26(8-2)21-33/h9-18,22,26H,7-8,19-21H2,1-6H3/b18-16+,23-15+,24-17+. The van der Waals surface area contributed by atoms with E-state index in [4.69, 9.17) is 11.6 Å². The number of nitrogens with zero attached hydrogens (tertiary/aromatic N) is 1. The molecule has 1 atom stereocenters. The molecular formula is C31H40ClN. The first-order valence-corrected chi connectivity index (χ1v) is 12.8. The smallest absolute Gasteiger partial charge is 0.0559 e. The SMILES string of the molecule is CCC(C)/C=C/c1cccc(-c2cccc(/C(C)=C/C=C(\C)CN3CC(CC)C3)c2Cl)c1C. The van der Waals surface area contributed by atoms with Gasteiger partial charge in [-0.1, -0.05) is 111 Å². The van der Waals surface area contributed by atoms with Crippen molar-refractivity contribution in [3.63, 3.8) is 0 Å². The average Bonchev–Trinajstić information content (AvgIpc) is 2.79. The van der Waals surface area contributed by atoms with Crippen LogP contribution in [0.5, 0.6) is 0 Å². The second-order valence-corrected chi connectivity index (χ2v) is 10.1. The van der Waals surface area contributed by atoms with Crippen LogP contribution in [-0.4, -0.2) is 24.5 Å². The van der Waals surface area contributed by atoms with Gasteiger partial charge in [0.25, 0.3) is 0 Å². The van der Waals surface area contributed by atoms with Crippen molar-refractivity contribution in [3.05, 3.63) is 81.9 Å². The molecule has 1 unspecified atom stereocenters. The molecule has 0 bridgehead atoms. The molecule has 3 rings (SSSR count). The molecule has 0 aliphatic carbocycles. The molecule has 176 valence electrons. The molecule has 2 heteroatoms. The number of hydrogen-bond donors (Lipinski definition) is 0. The summed E-state index contributed by atoms with van der Waals surface area (Å²) in [6.45, 7) is 16.9. The topological polar surface area (TPSA) is 3.24 Å². The van der Waals surface area contributed by atoms with Crippen LogP contribution >= 0.6 is 11.6 Å². The van der Waals surface area contributed by atoms with Crippen molar-refractivity contribution in [2.45, 2.75) is 54.4 Å². The molecule has 0 amide bonds. The van der Waals surface area contributed by atoms with E-state index in [0.717, 1.165) is 35.0 Å². The van der Waals surface area contributed by atoms with Crippen molar-refractivity contribution in [2.24, 2.45) is 11.8 Å². The Morgan fingerprint density at radius 2 is 1.76 bits per heavy atom. The van der Waals surface area contributed by atoms with Crippen molar-refractivity contribution in [2.75, 3.05) is 19.6 Å². The summed E-state index contributed by atoms with van der Waals surface area (Å²) in [5.74, 6) is 1.47. The minimum atomic E-state index is 0.582. The molecule has 1 fully saturated rings. The van der Waals surface area contributed by atoms with Gasteiger partial charge in [0.15, 0.2) is 0 Å². The fraction of sp³-hybridized carbons (Fsp3) is 0.419. The van der Waals surface area contributed by atoms with E-state index in [1.54, 1.807) is 0 Å². The summed E-state index contributed by atoms with van der Waals surface area (Å²) in [6.07, 6.45) is 11.5. The fourth-order valence-electron chi connectivity index (χ4n) is 4.40. The Morgan fingerprint density at radius 1 is 1.06 bits per heavy atom. The van der Waals surface area contributed by atoms with Crippen LogP contribution < -0.4 is 0 Å². The minimum Gasteiger partial charge on any atom is -0.299 e. The number of benzene rings is 2. The average molecular weight is 462 g/mol. The highest BCUT2D eigenvalue weighted by molar-refractivity contribution is 6.35. The van der Waals surface area contributed by atoms with Gasteiger partial charge in [-0.05, 0) is 60.4 Å². The fourth-order valence-corrected chi connectivity index (χ4v) is 4.78. The summed E-state index contributed by atoms with van der Waals surface area (Å²) >= 11 is 6.99. The van der Waals surface area contributed by atoms with Gasteiger partial charge in [-0.2, -0.15) is 0 Å². The summed E-state index contributed by atoms with van der Waals surface area (Å²) in [4.78, 5) is 2.53. The van der Waals surface area contributed by atoms with E-state index in [1.807, 2.05) is 0 Å². The Labute approximate surface area is 206 Å². The zero-order valence-electron chi connectivity index (χ0n) is 21.3. The number of allylic oxidation sites excluding steroid dienone is 4. The maximum absolute atomic E-state index is 6.99. The van der Waals surface area contributed by atoms with Gasteiger partial charge in [-0.3, -0.25) is 4.90 Å². The molecule has 1 aliphatic heterocycles. The zero-order chi connectivity index (χ0) is 24.0. The van der Waals surface area contributed by atoms with Crippen molar-refractivity contribution < 1.29 is 0 Å². The molecule has 1 aliphatic rings. The van der Waals surface area contributed by atoms with Gasteiger partial charge in [0, 0.05) is 25.2 Å². The quantitative estimate of drug-likeness (QED) is 0.336. The van der Waals surface area contributed by atoms with Crippen LogP contribution in [0.15, 0.2) is 60.2 Å². The monoisotopic (exact) mass is 461 g/mol. The van der Waals surface area contributed by atoms with Crippen LogP contribution in [-0.2, 0) is 0 Å². The van der Waals surface area contributed by atoms with Crippen molar-refractivity contribution in [3.8, 4) is 11.1 Å². The first-order chi connectivity index (χ1) is 15.8. The van der Waals surface area contributed by atoms with Crippen molar-refractivity contribution in [1.29, 1.82) is 0 Å². The van der Waals surface area contributed by atoms with Crippen LogP contribution in [0.3, 0.4) is 0 Å². The van der Waals surface area contributed by atoms with E-state index in [9.17, 15) is 0 Å². The summed E-state index contributed by atoms with van der Waals surface area (Å²) in [6, 6.07) is 12.9. The van der Waals surface area contributed by atoms with Crippen LogP contribution in [0, 0.1) is 18.8 Å². The molecule has 0 radical (unpaired) electrons. The van der Waals surface area contributed by atoms with Gasteiger partial charge in [-0.25, -0.2) is 0 Å². The summed E-state index contributed by atoms with van der Waals surface area (Å²) in [5, 5.41) is 0.831. The first-order valence-electron chi connectivity index (χ1n) is 12.5. The van der Waals surface area contributed by atoms with Gasteiger partial charge in [0.1, 0.15) is 0 Å². The molecule has 0 N–H and O–H groups in total. The highest BCUT2D eigenvalue weighted by atomic mass is 35.5. The minimum absolute atomic E-state index is 0.582. The van der Waals surface area contributed by atoms with E-state index in [-0.39, 0.29) is 0 Å². The maximum atomic E-state index is 6.99. The Balaban J connectivity index is 1.83. The molecule has 0 saturated carbocycles. The third kappa shape index (κ3) is 6.49. The van der Waals surface area contributed by atoms with Crippen molar-refractivity contribution in [1.82, 2.24) is 4.90 Å². The lowest BCUT2D eigenvalue weighted by Gasteiger charge is -2.39. The lowest BCUT2D eigenvalue weighted by molar-refractivity contribution is 0.109. The van der Waals surface area contributed by atoms with E-state index in [0.29, 0.717) is 5.92 Å². The predicted octanol–water partition coefficient (Wildman–Crippen LogP) is 9.07. The maximum Gasteiger partial charge on any atom is 0.0559 e. The van der Waals surface area contributed by atoms with E-state index < -0.39 is 0 Å². The molecular weight excluding hydrogens is 422 g/mol. The third-order valence-corrected chi connectivity index (χ3v) is 7.45. The van der Waals surface area contributed by atoms with Crippen molar-refractivity contribution >= 4 is 23.3 Å². The lowest BCUT2D eigenvalue weighted by Crippen LogP contribution is -2.46. The Bertz CT molecular complexity index is 1040. The number of likely N-dealkylation sites (tertiary alicyclic amines) is 1. The van der Waals surface area contributed by atoms with Gasteiger partial charge >= 0.3 is 0 Å². The predicted molar refractivity (Wildman–Crippen MR) is 148 cm³/mol. The summed E-state index contributed by atoms with van der Waals surface area (Å²) < 4.78 is 0. The molecule has 1 heterocycles. The van der Waals surface area contributed by atoms with Crippen LogP contribution in [0.4, 0.5) is 0 Å². The van der Waals surface area contributed by atoms with Crippen LogP contribution in [0.2, 0.25) is 5.02 Å². The molecule has 1 saturated heterocycles. The normalized spacial score (nSPS) is 16.9. The van der Waals surface area contributed by atoms with Gasteiger partial charge in [0.2, 0.25) is 0 Å². The Kier molecular flexibility index (Phi) is 9.18. The van der Waals surface area contributed by atoms with Crippen LogP contribution in [0.1, 0.15) is 64.2 Å². The first kappa shape index (κ1) is 25.5. The molecule has 1 nitrogen and oxygen atoms in total. The number of halogens is 1. The molecule has 2 aromatic carbocycles. The highest BCUT2D eigenvalue weighted by Crippen LogP contribution is 2.36. The van der Waals surface area contributed by atoms with Gasteiger partial charge in [0.05, 0.1) is 5.02 Å². The third-order valence-electron chi connectivity index (χ3n) is 7.04. The Morgan fingerprint density at radius 3 is 2.45 bits per heavy atom. The second-order valence-electron chi connectivity index (χ2n) is 9.76. The molecule has 0 aromatic heterocycles. The summed E-state index contributed by atoms with van der Waals surface area (Å²) in [5.41, 5.74) is 8.54. The highest BCUT2D eigenvalue weighted by Gasteiger charge is 2.24. The number of rotatable bonds is 9. The Hall–Kier alpha value is -2.09. The molecule has 33 heavy (non-hydrogen) atoms. The number of hydrogen-bond acceptors (Lipinski definition) is 1. The molecule has 2 aromatic rings. The second kappa shape index (κ2) is 11.9. The van der Waals surface area contributed by atoms with E-state index in [1.165, 1.54) is 47.3 Å².